The fourth-order valence-corrected chi connectivity index (χ4v) is 2.69. The minimum absolute atomic E-state index is 0.122. The molecule has 0 bridgehead atoms. The van der Waals surface area contributed by atoms with Crippen molar-refractivity contribution in [2.24, 2.45) is 0 Å². The van der Waals surface area contributed by atoms with Gasteiger partial charge in [-0.15, -0.1) is 0 Å². The number of nitrogens with one attached hydrogen (secondary N) is 1. The van der Waals surface area contributed by atoms with Crippen molar-refractivity contribution in [3.05, 3.63) is 34.6 Å². The predicted molar refractivity (Wildman–Crippen MR) is 65.4 cm³/mol. The molecule has 2 rings (SSSR count). The molecule has 16 heavy (non-hydrogen) atoms. The molecule has 0 spiro atoms. The second-order valence-corrected chi connectivity index (χ2v) is 4.93. The molecule has 0 radical (unpaired) electrons. The molecule has 1 heterocycles. The number of rotatable bonds is 3. The highest BCUT2D eigenvalue weighted by atomic mass is 35.5. The average molecular weight is 242 g/mol. The Kier molecular flexibility index (Phi) is 3.50. The molecule has 1 atom stereocenters. The smallest absolute Gasteiger partial charge is 0.142 e. The van der Waals surface area contributed by atoms with Gasteiger partial charge in [0.25, 0.3) is 0 Å². The zero-order valence-corrected chi connectivity index (χ0v) is 10.3. The van der Waals surface area contributed by atoms with Crippen LogP contribution in [0.25, 0.3) is 0 Å². The summed E-state index contributed by atoms with van der Waals surface area (Å²) in [6.45, 7) is 3.23. The zero-order valence-electron chi connectivity index (χ0n) is 9.52. The molecule has 3 heteroatoms. The van der Waals surface area contributed by atoms with Gasteiger partial charge in [-0.3, -0.25) is 0 Å². The lowest BCUT2D eigenvalue weighted by Gasteiger charge is -2.28. The normalized spacial score (nSPS) is 24.9. The van der Waals surface area contributed by atoms with Crippen LogP contribution in [0, 0.1) is 5.82 Å². The first-order valence-corrected chi connectivity index (χ1v) is 6.22. The number of hydrogen-bond acceptors (Lipinski definition) is 1. The van der Waals surface area contributed by atoms with E-state index in [0.717, 1.165) is 31.4 Å². The largest absolute Gasteiger partial charge is 0.311 e. The second-order valence-electron chi connectivity index (χ2n) is 4.55. The Morgan fingerprint density at radius 3 is 2.94 bits per heavy atom. The highest BCUT2D eigenvalue weighted by molar-refractivity contribution is 6.31. The van der Waals surface area contributed by atoms with E-state index in [1.54, 1.807) is 6.07 Å². The molecule has 0 amide bonds. The molecule has 0 aromatic heterocycles. The third-order valence-corrected chi connectivity index (χ3v) is 3.99. The highest BCUT2D eigenvalue weighted by Crippen LogP contribution is 2.30. The lowest BCUT2D eigenvalue weighted by molar-refractivity contribution is 0.359. The standard InChI is InChI=1S/C13H17ClFN/c1-2-13(7-4-8-16-13)9-10-5-3-6-11(15)12(10)14/h3,5-6,16H,2,4,7-9H2,1H3. The van der Waals surface area contributed by atoms with Crippen LogP contribution in [0.15, 0.2) is 18.2 Å². The van der Waals surface area contributed by atoms with Gasteiger partial charge in [-0.25, -0.2) is 4.39 Å². The molecular formula is C13H17ClFN. The lowest BCUT2D eigenvalue weighted by Crippen LogP contribution is -2.41. The quantitative estimate of drug-likeness (QED) is 0.854. The van der Waals surface area contributed by atoms with Crippen LogP contribution in [-0.2, 0) is 6.42 Å². The number of hydrogen-bond donors (Lipinski definition) is 1. The van der Waals surface area contributed by atoms with Gasteiger partial charge < -0.3 is 5.32 Å². The van der Waals surface area contributed by atoms with E-state index in [1.807, 2.05) is 6.07 Å². The Hall–Kier alpha value is -0.600. The van der Waals surface area contributed by atoms with Gasteiger partial charge in [-0.2, -0.15) is 0 Å². The maximum atomic E-state index is 13.3. The van der Waals surface area contributed by atoms with E-state index in [1.165, 1.54) is 12.5 Å². The molecule has 1 aliphatic heterocycles. The monoisotopic (exact) mass is 241 g/mol. The van der Waals surface area contributed by atoms with Gasteiger partial charge in [0.15, 0.2) is 0 Å². The van der Waals surface area contributed by atoms with Gasteiger partial charge in [0.1, 0.15) is 5.82 Å². The fourth-order valence-electron chi connectivity index (χ4n) is 2.50. The first kappa shape index (κ1) is 11.9. The molecule has 0 aliphatic carbocycles. The summed E-state index contributed by atoms with van der Waals surface area (Å²) < 4.78 is 13.3. The summed E-state index contributed by atoms with van der Waals surface area (Å²) in [5, 5.41) is 3.82. The molecule has 1 aromatic carbocycles. The SMILES string of the molecule is CCC1(Cc2cccc(F)c2Cl)CCCN1. The highest BCUT2D eigenvalue weighted by Gasteiger charge is 2.32. The number of halogens is 2. The third-order valence-electron chi connectivity index (χ3n) is 3.57. The predicted octanol–water partition coefficient (Wildman–Crippen LogP) is 3.55. The number of benzene rings is 1. The van der Waals surface area contributed by atoms with Crippen LogP contribution >= 0.6 is 11.6 Å². The molecular weight excluding hydrogens is 225 g/mol. The van der Waals surface area contributed by atoms with E-state index in [0.29, 0.717) is 0 Å². The molecule has 1 unspecified atom stereocenters. The van der Waals surface area contributed by atoms with E-state index < -0.39 is 0 Å². The molecule has 1 N–H and O–H groups in total. The van der Waals surface area contributed by atoms with Crippen molar-refractivity contribution >= 4 is 11.6 Å². The average Bonchev–Trinajstić information content (AvgIpc) is 2.74. The van der Waals surface area contributed by atoms with Gasteiger partial charge in [0.05, 0.1) is 5.02 Å². The van der Waals surface area contributed by atoms with E-state index in [4.69, 9.17) is 11.6 Å². The van der Waals surface area contributed by atoms with Crippen molar-refractivity contribution in [1.82, 2.24) is 5.32 Å². The van der Waals surface area contributed by atoms with Gasteiger partial charge in [0, 0.05) is 5.54 Å². The van der Waals surface area contributed by atoms with E-state index in [-0.39, 0.29) is 16.4 Å². The topological polar surface area (TPSA) is 12.0 Å². The summed E-state index contributed by atoms with van der Waals surface area (Å²) in [5.74, 6) is -0.316. The molecule has 1 aliphatic rings. The van der Waals surface area contributed by atoms with Crippen LogP contribution in [0.1, 0.15) is 31.7 Å². The van der Waals surface area contributed by atoms with Crippen molar-refractivity contribution in [3.8, 4) is 0 Å². The van der Waals surface area contributed by atoms with Gasteiger partial charge >= 0.3 is 0 Å². The molecule has 0 saturated carbocycles. The van der Waals surface area contributed by atoms with E-state index in [2.05, 4.69) is 12.2 Å². The Morgan fingerprint density at radius 2 is 2.31 bits per heavy atom. The van der Waals surface area contributed by atoms with Crippen molar-refractivity contribution < 1.29 is 4.39 Å². The maximum absolute atomic E-state index is 13.3. The van der Waals surface area contributed by atoms with Crippen LogP contribution < -0.4 is 5.32 Å². The molecule has 1 saturated heterocycles. The van der Waals surface area contributed by atoms with Crippen LogP contribution in [0.3, 0.4) is 0 Å². The third kappa shape index (κ3) is 2.23. The Bertz CT molecular complexity index is 372. The van der Waals surface area contributed by atoms with Crippen LogP contribution in [0.5, 0.6) is 0 Å². The summed E-state index contributed by atoms with van der Waals surface area (Å²) in [7, 11) is 0. The zero-order chi connectivity index (χ0) is 11.6. The summed E-state index contributed by atoms with van der Waals surface area (Å²) in [6, 6.07) is 5.06. The first-order valence-electron chi connectivity index (χ1n) is 5.85. The summed E-state index contributed by atoms with van der Waals surface area (Å²) >= 11 is 5.99. The second kappa shape index (κ2) is 4.72. The Labute approximate surface area is 101 Å². The van der Waals surface area contributed by atoms with Crippen molar-refractivity contribution in [3.63, 3.8) is 0 Å². The van der Waals surface area contributed by atoms with E-state index in [9.17, 15) is 4.39 Å². The summed E-state index contributed by atoms with van der Waals surface area (Å²) in [4.78, 5) is 0. The minimum Gasteiger partial charge on any atom is -0.311 e. The van der Waals surface area contributed by atoms with Crippen molar-refractivity contribution in [2.75, 3.05) is 6.54 Å². The summed E-state index contributed by atoms with van der Waals surface area (Å²) in [6.07, 6.45) is 4.22. The van der Waals surface area contributed by atoms with Crippen LogP contribution in [0.2, 0.25) is 5.02 Å². The lowest BCUT2D eigenvalue weighted by atomic mass is 9.87. The minimum atomic E-state index is -0.316. The molecule has 1 aromatic rings. The maximum Gasteiger partial charge on any atom is 0.142 e. The molecule has 1 fully saturated rings. The molecule has 1 nitrogen and oxygen atoms in total. The van der Waals surface area contributed by atoms with Crippen LogP contribution in [0.4, 0.5) is 4.39 Å². The van der Waals surface area contributed by atoms with Crippen LogP contribution in [-0.4, -0.2) is 12.1 Å². The molecule has 88 valence electrons. The van der Waals surface area contributed by atoms with Crippen molar-refractivity contribution in [1.29, 1.82) is 0 Å². The Morgan fingerprint density at radius 1 is 1.50 bits per heavy atom. The fraction of sp³-hybridized carbons (Fsp3) is 0.538. The van der Waals surface area contributed by atoms with Gasteiger partial charge in [-0.1, -0.05) is 30.7 Å². The summed E-state index contributed by atoms with van der Waals surface area (Å²) in [5.41, 5.74) is 1.04. The van der Waals surface area contributed by atoms with E-state index >= 15 is 0 Å². The Balaban J connectivity index is 2.22. The van der Waals surface area contributed by atoms with Gasteiger partial charge in [-0.05, 0) is 43.9 Å². The first-order chi connectivity index (χ1) is 7.67. The van der Waals surface area contributed by atoms with Gasteiger partial charge in [0.2, 0.25) is 0 Å². The van der Waals surface area contributed by atoms with Crippen molar-refractivity contribution in [2.45, 2.75) is 38.1 Å².